The van der Waals surface area contributed by atoms with E-state index in [0.29, 0.717) is 23.1 Å². The van der Waals surface area contributed by atoms with Gasteiger partial charge in [0.25, 0.3) is 5.69 Å². The van der Waals surface area contributed by atoms with Gasteiger partial charge in [0.15, 0.2) is 0 Å². The lowest BCUT2D eigenvalue weighted by atomic mass is 10.1. The Bertz CT molecular complexity index is 1430. The number of anilines is 3. The molecule has 2 aromatic heterocycles. The Labute approximate surface area is 209 Å². The molecule has 0 bridgehead atoms. The van der Waals surface area contributed by atoms with Gasteiger partial charge >= 0.3 is 0 Å². The van der Waals surface area contributed by atoms with Crippen molar-refractivity contribution in [2.24, 2.45) is 7.05 Å². The van der Waals surface area contributed by atoms with Crippen molar-refractivity contribution in [2.45, 2.75) is 12.5 Å². The Morgan fingerprint density at radius 2 is 2.03 bits per heavy atom. The molecule has 1 atom stereocenters. The number of para-hydroxylation sites is 1. The van der Waals surface area contributed by atoms with E-state index in [-0.39, 0.29) is 16.7 Å². The second-order valence-corrected chi connectivity index (χ2v) is 9.18. The molecule has 10 nitrogen and oxygen atoms in total. The van der Waals surface area contributed by atoms with Crippen molar-refractivity contribution in [3.8, 4) is 17.0 Å². The molecular formula is C26H29N7O3. The molecule has 1 saturated heterocycles. The number of benzene rings is 2. The number of fused-ring (bicyclic) bond motifs is 1. The molecule has 36 heavy (non-hydrogen) atoms. The predicted molar refractivity (Wildman–Crippen MR) is 141 cm³/mol. The van der Waals surface area contributed by atoms with Crippen molar-refractivity contribution in [1.29, 1.82) is 0 Å². The molecule has 0 saturated carbocycles. The molecule has 2 aromatic carbocycles. The molecule has 0 spiro atoms. The fourth-order valence-corrected chi connectivity index (χ4v) is 4.91. The first-order valence-corrected chi connectivity index (χ1v) is 11.8. The third-order valence-electron chi connectivity index (χ3n) is 6.86. The second-order valence-electron chi connectivity index (χ2n) is 9.18. The van der Waals surface area contributed by atoms with E-state index in [0.717, 1.165) is 41.7 Å². The number of nitro groups is 1. The lowest BCUT2D eigenvalue weighted by Gasteiger charge is -2.27. The van der Waals surface area contributed by atoms with Crippen LogP contribution in [0.5, 0.6) is 5.75 Å². The van der Waals surface area contributed by atoms with Crippen LogP contribution in [0.4, 0.5) is 23.0 Å². The molecule has 1 N–H and O–H groups in total. The molecule has 5 rings (SSSR count). The lowest BCUT2D eigenvalue weighted by Crippen LogP contribution is -2.34. The second kappa shape index (κ2) is 9.46. The van der Waals surface area contributed by atoms with E-state index in [1.165, 1.54) is 6.07 Å². The summed E-state index contributed by atoms with van der Waals surface area (Å²) in [6.45, 7) is 1.81. The standard InChI is InChI=1S/C26H29N7O3/c1-30-12-10-17(15-30)32(3)23-14-25(36-4)21(13-24(23)33(34)35)29-26-27-11-9-20(28-26)19-16-31(2)22-8-6-5-7-18(19)22/h5-9,11,13-14,16-17H,10,12,15H2,1-4H3,(H,27,28,29). The Morgan fingerprint density at radius 3 is 2.75 bits per heavy atom. The largest absolute Gasteiger partial charge is 0.494 e. The molecular weight excluding hydrogens is 458 g/mol. The zero-order valence-corrected chi connectivity index (χ0v) is 20.8. The van der Waals surface area contributed by atoms with E-state index >= 15 is 0 Å². The van der Waals surface area contributed by atoms with Gasteiger partial charge in [-0.2, -0.15) is 0 Å². The van der Waals surface area contributed by atoms with Gasteiger partial charge in [-0.05, 0) is 32.1 Å². The van der Waals surface area contributed by atoms with Crippen LogP contribution in [0, 0.1) is 10.1 Å². The summed E-state index contributed by atoms with van der Waals surface area (Å²) in [5.41, 5.74) is 3.79. The van der Waals surface area contributed by atoms with E-state index in [4.69, 9.17) is 9.72 Å². The van der Waals surface area contributed by atoms with Gasteiger partial charge in [0, 0.05) is 67.7 Å². The van der Waals surface area contributed by atoms with E-state index in [2.05, 4.69) is 38.9 Å². The van der Waals surface area contributed by atoms with Gasteiger partial charge in [0.1, 0.15) is 11.4 Å². The lowest BCUT2D eigenvalue weighted by molar-refractivity contribution is -0.384. The van der Waals surface area contributed by atoms with Gasteiger partial charge in [-0.25, -0.2) is 9.97 Å². The SMILES string of the molecule is COc1cc(N(C)C2CCN(C)C2)c([N+](=O)[O-])cc1Nc1nccc(-c2cn(C)c3ccccc23)n1. The maximum atomic E-state index is 12.0. The van der Waals surface area contributed by atoms with Crippen LogP contribution in [-0.4, -0.2) is 64.7 Å². The molecule has 1 aliphatic rings. The minimum absolute atomic E-state index is 0.000519. The quantitative estimate of drug-likeness (QED) is 0.302. The average Bonchev–Trinajstić information content (AvgIpc) is 3.47. The van der Waals surface area contributed by atoms with Crippen molar-refractivity contribution < 1.29 is 9.66 Å². The van der Waals surface area contributed by atoms with Gasteiger partial charge in [-0.1, -0.05) is 18.2 Å². The summed E-state index contributed by atoms with van der Waals surface area (Å²) in [4.78, 5) is 24.9. The number of nitrogens with one attached hydrogen (secondary N) is 1. The number of aromatic nitrogens is 3. The summed E-state index contributed by atoms with van der Waals surface area (Å²) >= 11 is 0. The molecule has 186 valence electrons. The van der Waals surface area contributed by atoms with Crippen LogP contribution >= 0.6 is 0 Å². The molecule has 0 aliphatic carbocycles. The van der Waals surface area contributed by atoms with Gasteiger partial charge in [-0.3, -0.25) is 10.1 Å². The highest BCUT2D eigenvalue weighted by atomic mass is 16.6. The monoisotopic (exact) mass is 487 g/mol. The van der Waals surface area contributed by atoms with Crippen molar-refractivity contribution in [3.05, 3.63) is 65.0 Å². The van der Waals surface area contributed by atoms with Crippen LogP contribution in [-0.2, 0) is 7.05 Å². The summed E-state index contributed by atoms with van der Waals surface area (Å²) in [5, 5.41) is 16.3. The van der Waals surface area contributed by atoms with Gasteiger partial charge in [0.2, 0.25) is 5.95 Å². The zero-order chi connectivity index (χ0) is 25.4. The number of aryl methyl sites for hydroxylation is 1. The fourth-order valence-electron chi connectivity index (χ4n) is 4.91. The number of nitrogens with zero attached hydrogens (tertiary/aromatic N) is 6. The molecule has 0 amide bonds. The number of ether oxygens (including phenoxy) is 1. The smallest absolute Gasteiger partial charge is 0.294 e. The molecule has 1 unspecified atom stereocenters. The molecule has 10 heteroatoms. The summed E-state index contributed by atoms with van der Waals surface area (Å²) in [6, 6.07) is 13.4. The van der Waals surface area contributed by atoms with Gasteiger partial charge in [-0.15, -0.1) is 0 Å². The topological polar surface area (TPSA) is 102 Å². The Hall–Kier alpha value is -4.18. The fraction of sp³-hybridized carbons (Fsp3) is 0.308. The summed E-state index contributed by atoms with van der Waals surface area (Å²) < 4.78 is 7.68. The van der Waals surface area contributed by atoms with E-state index in [1.54, 1.807) is 19.4 Å². The summed E-state index contributed by atoms with van der Waals surface area (Å²) in [5.74, 6) is 0.805. The highest BCUT2D eigenvalue weighted by molar-refractivity contribution is 5.95. The molecule has 1 aliphatic heterocycles. The maximum Gasteiger partial charge on any atom is 0.294 e. The first kappa shape index (κ1) is 23.6. The average molecular weight is 488 g/mol. The van der Waals surface area contributed by atoms with E-state index in [9.17, 15) is 10.1 Å². The molecule has 3 heterocycles. The Morgan fingerprint density at radius 1 is 1.22 bits per heavy atom. The number of likely N-dealkylation sites (tertiary alicyclic amines) is 1. The minimum atomic E-state index is -0.359. The number of hydrogen-bond donors (Lipinski definition) is 1. The van der Waals surface area contributed by atoms with Crippen molar-refractivity contribution in [2.75, 3.05) is 44.5 Å². The summed E-state index contributed by atoms with van der Waals surface area (Å²) in [6.07, 6.45) is 4.65. The third kappa shape index (κ3) is 4.31. The van der Waals surface area contributed by atoms with Crippen LogP contribution in [0.1, 0.15) is 6.42 Å². The van der Waals surface area contributed by atoms with Gasteiger partial charge < -0.3 is 24.4 Å². The zero-order valence-electron chi connectivity index (χ0n) is 20.8. The third-order valence-corrected chi connectivity index (χ3v) is 6.86. The Kier molecular flexibility index (Phi) is 6.19. The van der Waals surface area contributed by atoms with Crippen LogP contribution in [0.2, 0.25) is 0 Å². The van der Waals surface area contributed by atoms with Crippen molar-refractivity contribution in [1.82, 2.24) is 19.4 Å². The van der Waals surface area contributed by atoms with E-state index in [1.807, 2.05) is 43.4 Å². The number of hydrogen-bond acceptors (Lipinski definition) is 8. The van der Waals surface area contributed by atoms with Crippen LogP contribution in [0.15, 0.2) is 54.9 Å². The van der Waals surface area contributed by atoms with Crippen LogP contribution in [0.25, 0.3) is 22.2 Å². The van der Waals surface area contributed by atoms with E-state index < -0.39 is 0 Å². The number of nitro benzene ring substituents is 1. The highest BCUT2D eigenvalue weighted by Crippen LogP contribution is 2.40. The van der Waals surface area contributed by atoms with Crippen LogP contribution < -0.4 is 15.0 Å². The van der Waals surface area contributed by atoms with Gasteiger partial charge in [0.05, 0.1) is 23.4 Å². The first-order chi connectivity index (χ1) is 17.4. The minimum Gasteiger partial charge on any atom is -0.494 e. The molecule has 1 fully saturated rings. The van der Waals surface area contributed by atoms with Crippen LogP contribution in [0.3, 0.4) is 0 Å². The van der Waals surface area contributed by atoms with Crippen molar-refractivity contribution >= 4 is 33.9 Å². The first-order valence-electron chi connectivity index (χ1n) is 11.8. The molecule has 0 radical (unpaired) electrons. The predicted octanol–water partition coefficient (Wildman–Crippen LogP) is 4.44. The highest BCUT2D eigenvalue weighted by Gasteiger charge is 2.29. The summed E-state index contributed by atoms with van der Waals surface area (Å²) in [7, 11) is 7.50. The number of methoxy groups -OCH3 is 1. The Balaban J connectivity index is 1.50. The number of likely N-dealkylation sites (N-methyl/N-ethyl adjacent to an activating group) is 2. The van der Waals surface area contributed by atoms with Crippen molar-refractivity contribution in [3.63, 3.8) is 0 Å². The maximum absolute atomic E-state index is 12.0. The normalized spacial score (nSPS) is 15.8. The molecule has 4 aromatic rings. The number of rotatable bonds is 7.